The van der Waals surface area contributed by atoms with Crippen LogP contribution in [0, 0.1) is 0 Å². The predicted molar refractivity (Wildman–Crippen MR) is 227 cm³/mol. The average Bonchev–Trinajstić information content (AvgIpc) is 0.676. The van der Waals surface area contributed by atoms with Crippen molar-refractivity contribution in [2.45, 2.75) is 222 Å². The summed E-state index contributed by atoms with van der Waals surface area (Å²) in [4.78, 5) is 22.2. The van der Waals surface area contributed by atoms with Gasteiger partial charge in [0.1, 0.15) is 11.1 Å². The second kappa shape index (κ2) is 29.8. The minimum Gasteiger partial charge on any atom is -0.462 e. The van der Waals surface area contributed by atoms with Crippen molar-refractivity contribution in [3.63, 3.8) is 0 Å². The topological polar surface area (TPSA) is 52.6 Å². The molecule has 0 unspecified atom stereocenters. The van der Waals surface area contributed by atoms with Crippen LogP contribution >= 0.6 is 0 Å². The van der Waals surface area contributed by atoms with Crippen molar-refractivity contribution in [2.75, 3.05) is 13.2 Å². The van der Waals surface area contributed by atoms with Crippen molar-refractivity contribution in [2.24, 2.45) is 0 Å². The zero-order chi connectivity index (χ0) is 101. The molecule has 0 aliphatic carbocycles. The maximum atomic E-state index is 14.0. The molecule has 121 heavy (non-hydrogen) atoms. The lowest BCUT2D eigenvalue weighted by molar-refractivity contribution is -0.493. The quantitative estimate of drug-likeness (QED) is 0.0353. The molecule has 0 saturated heterocycles. The molecule has 0 rings (SSSR count). The van der Waals surface area contributed by atoms with Gasteiger partial charge in [-0.2, -0.15) is 316 Å². The predicted octanol–water partition coefficient (Wildman–Crippen LogP) is 24.3. The summed E-state index contributed by atoms with van der Waals surface area (Å²) in [7, 11) is 0. The zero-order valence-corrected chi connectivity index (χ0v) is 53.2. The van der Waals surface area contributed by atoms with Crippen molar-refractivity contribution in [1.29, 1.82) is 0 Å². The molecule has 0 N–H and O–H groups in total. The number of carbonyl (C=O) groups is 2. The van der Waals surface area contributed by atoms with Gasteiger partial charge in [-0.05, 0) is 13.8 Å². The highest BCUT2D eigenvalue weighted by atomic mass is 19.5. The van der Waals surface area contributed by atoms with Gasteiger partial charge in [0.2, 0.25) is 0 Å². The number of hydrogen-bond acceptors (Lipinski definition) is 4. The number of ether oxygens (including phenoxy) is 2. The van der Waals surface area contributed by atoms with E-state index in [4.69, 9.17) is 0 Å². The van der Waals surface area contributed by atoms with E-state index in [0.717, 1.165) is 0 Å². The van der Waals surface area contributed by atoms with Crippen molar-refractivity contribution in [3.05, 3.63) is 24.3 Å². The lowest BCUT2D eigenvalue weighted by atomic mass is 9.82. The fourth-order valence-corrected chi connectivity index (χ4v) is 7.15. The maximum absolute atomic E-state index is 14.0. The Morgan fingerprint density at radius 1 is 0.157 bits per heavy atom. The van der Waals surface area contributed by atoms with Crippen molar-refractivity contribution in [3.8, 4) is 0 Å². The van der Waals surface area contributed by atoms with E-state index in [-0.39, 0.29) is 0 Å². The fourth-order valence-electron chi connectivity index (χ4n) is 7.15. The zero-order valence-electron chi connectivity index (χ0n) is 53.2. The number of carbonyl (C=O) groups excluding carboxylic acids is 2. The van der Waals surface area contributed by atoms with E-state index in [9.17, 15) is 326 Å². The van der Waals surface area contributed by atoms with E-state index >= 15 is 0 Å². The molecule has 0 saturated carbocycles. The number of halogens is 72. The largest absolute Gasteiger partial charge is 0.462 e. The number of esters is 2. The maximum Gasteiger partial charge on any atom is 0.460 e. The van der Waals surface area contributed by atoms with Gasteiger partial charge in [0.15, 0.2) is 0 Å². The summed E-state index contributed by atoms with van der Waals surface area (Å²) in [6.07, 6.45) is -16.9. The Labute approximate surface area is 607 Å². The van der Waals surface area contributed by atoms with E-state index in [1.165, 1.54) is 13.2 Å². The molecule has 4 nitrogen and oxygen atoms in total. The fraction of sp³-hybridized carbons (Fsp3) is 0.867. The van der Waals surface area contributed by atoms with Crippen LogP contribution in [0.15, 0.2) is 24.3 Å². The van der Waals surface area contributed by atoms with E-state index in [1.54, 1.807) is 0 Å². The molecular weight excluding hydrogens is 1970 g/mol. The molecule has 0 aromatic rings. The van der Waals surface area contributed by atoms with Crippen molar-refractivity contribution >= 4 is 11.9 Å². The molecule has 0 atom stereocenters. The van der Waals surface area contributed by atoms with Crippen LogP contribution in [-0.2, 0) is 19.1 Å². The SMILES string of the molecule is C=C(C(=O)OCC)C(F)(F)C(F)(F)C(F)(F)C(F)(F)C(F)(F)C(F)(F)C(F)(F)C(F)(F)C(F)(F)C(F)(F)C(F)(F)C(F)(F)C(F)(F)C(F)(F)C(F)(F)C(F)(F)C(F)(F)C(F)(F)F.C=C(C(=O)OCC)C(F)(F)C(F)(F)C(F)(F)C(F)(F)C(F)(F)C(F)(F)C(F)(F)C(F)(F)C(F)(F)C(F)(F)C(F)(F)C(F)(F)C(F)(F)C(F)(F)C(F)(F)C(F)(F)C(F)(F)F. The summed E-state index contributed by atoms with van der Waals surface area (Å²) in [6, 6.07) is 0. The Kier molecular flexibility index (Phi) is 28.6. The molecule has 0 amide bonds. The third-order valence-electron chi connectivity index (χ3n) is 14.7. The molecular formula is C45H14F72O4. The van der Waals surface area contributed by atoms with E-state index in [1.807, 2.05) is 0 Å². The van der Waals surface area contributed by atoms with Crippen LogP contribution in [0.3, 0.4) is 0 Å². The van der Waals surface area contributed by atoms with Gasteiger partial charge in [0.25, 0.3) is 0 Å². The van der Waals surface area contributed by atoms with Crippen LogP contribution in [0.2, 0.25) is 0 Å². The molecule has 0 aromatic carbocycles. The average molecular weight is 1990 g/mol. The van der Waals surface area contributed by atoms with E-state index < -0.39 is 244 Å². The van der Waals surface area contributed by atoms with Crippen LogP contribution in [0.1, 0.15) is 13.8 Å². The number of rotatable bonds is 37. The third-order valence-corrected chi connectivity index (χ3v) is 14.7. The molecule has 0 heterocycles. The highest BCUT2D eigenvalue weighted by Crippen LogP contribution is 2.75. The van der Waals surface area contributed by atoms with Gasteiger partial charge < -0.3 is 9.47 Å². The molecule has 76 heteroatoms. The highest BCUT2D eigenvalue weighted by molar-refractivity contribution is 5.90. The second-order valence-corrected chi connectivity index (χ2v) is 22.3. The Hall–Kier alpha value is -6.62. The Bertz CT molecular complexity index is 3730. The monoisotopic (exact) mass is 1990 g/mol. The summed E-state index contributed by atoms with van der Waals surface area (Å²) >= 11 is 0. The van der Waals surface area contributed by atoms with Gasteiger partial charge in [0.05, 0.1) is 13.2 Å². The molecule has 0 bridgehead atoms. The normalized spacial score (nSPS) is 16.7. The van der Waals surface area contributed by atoms with Gasteiger partial charge in [-0.3, -0.25) is 0 Å². The second-order valence-electron chi connectivity index (χ2n) is 22.3. The standard InChI is InChI=1S/C23H7F37O2.C22H7F35O2/c1-3-62-5(61)4(2)6(24,25)7(26,27)8(28,29)9(30,31)10(32,33)11(34,35)12(36,37)13(38,39)14(40,41)15(42,43)16(44,45)17(46,47)18(48,49)19(50,51)20(52,53)21(54,55)22(56,57)23(58,59)60;1-3-59-5(58)4(2)6(23,24)7(25,26)8(27,28)9(29,30)10(31,32)11(33,34)12(35,36)13(37,38)14(39,40)15(41,42)16(43,44)17(45,46)18(47,48)19(49,50)20(51,52)21(53,54)22(55,56)57/h2-3H2,1H3;2-3H2,1H3. The van der Waals surface area contributed by atoms with Gasteiger partial charge in [-0.25, -0.2) is 9.59 Å². The van der Waals surface area contributed by atoms with Crippen molar-refractivity contribution in [1.82, 2.24) is 0 Å². The van der Waals surface area contributed by atoms with Gasteiger partial charge in [0, 0.05) is 0 Å². The Morgan fingerprint density at radius 2 is 0.231 bits per heavy atom. The highest BCUT2D eigenvalue weighted by Gasteiger charge is 3.06. The number of hydrogen-bond donors (Lipinski definition) is 0. The van der Waals surface area contributed by atoms with Gasteiger partial charge >= 0.3 is 220 Å². The molecule has 0 aliphatic rings. The first kappa shape index (κ1) is 116. The summed E-state index contributed by atoms with van der Waals surface area (Å²) in [5.74, 6) is -329. The molecule has 722 valence electrons. The summed E-state index contributed by atoms with van der Waals surface area (Å²) in [5.41, 5.74) is -7.21. The van der Waals surface area contributed by atoms with E-state index in [0.29, 0.717) is 13.8 Å². The lowest BCUT2D eigenvalue weighted by Gasteiger charge is -2.47. The summed E-state index contributed by atoms with van der Waals surface area (Å²) < 4.78 is 990. The first-order chi connectivity index (χ1) is 51.0. The van der Waals surface area contributed by atoms with Crippen LogP contribution in [0.4, 0.5) is 316 Å². The van der Waals surface area contributed by atoms with Gasteiger partial charge in [-0.1, -0.05) is 13.2 Å². The lowest BCUT2D eigenvalue weighted by Crippen LogP contribution is -2.80. The van der Waals surface area contributed by atoms with Gasteiger partial charge in [-0.15, -0.1) is 0 Å². The first-order valence-corrected chi connectivity index (χ1v) is 26.4. The minimum absolute atomic E-state index is 0.506. The smallest absolute Gasteiger partial charge is 0.460 e. The Balaban J connectivity index is 0. The van der Waals surface area contributed by atoms with Crippen LogP contribution in [0.5, 0.6) is 0 Å². The number of alkyl halides is 72. The third kappa shape index (κ3) is 14.1. The molecule has 0 spiro atoms. The Morgan fingerprint density at radius 3 is 0.306 bits per heavy atom. The molecule has 0 fully saturated rings. The van der Waals surface area contributed by atoms with Crippen LogP contribution in [0.25, 0.3) is 0 Å². The van der Waals surface area contributed by atoms with Crippen LogP contribution in [-0.4, -0.2) is 233 Å². The van der Waals surface area contributed by atoms with Crippen molar-refractivity contribution < 1.29 is 335 Å². The molecule has 0 aliphatic heterocycles. The molecule has 0 radical (unpaired) electrons. The summed E-state index contributed by atoms with van der Waals surface area (Å²) in [6.45, 7) is 1.43. The first-order valence-electron chi connectivity index (χ1n) is 26.4. The molecule has 0 aromatic heterocycles. The minimum atomic E-state index is -10.5. The summed E-state index contributed by atoms with van der Waals surface area (Å²) in [5, 5.41) is 0. The van der Waals surface area contributed by atoms with Crippen LogP contribution < -0.4 is 0 Å². The van der Waals surface area contributed by atoms with E-state index in [2.05, 4.69) is 9.47 Å².